The van der Waals surface area contributed by atoms with E-state index in [0.29, 0.717) is 37.3 Å². The molecule has 1 heterocycles. The highest BCUT2D eigenvalue weighted by molar-refractivity contribution is 5.98. The Morgan fingerprint density at radius 1 is 1.00 bits per heavy atom. The number of nitrogens with zero attached hydrogens (tertiary/aromatic N) is 1. The smallest absolute Gasteiger partial charge is 0.257 e. The Labute approximate surface area is 238 Å². The van der Waals surface area contributed by atoms with Gasteiger partial charge in [0.15, 0.2) is 0 Å². The average molecular weight is 549 g/mol. The summed E-state index contributed by atoms with van der Waals surface area (Å²) in [6.45, 7) is 10.4. The number of hydrogen-bond acceptors (Lipinski definition) is 3. The molecule has 216 valence electrons. The third-order valence-corrected chi connectivity index (χ3v) is 8.99. The molecule has 1 N–H and O–H groups in total. The molecule has 2 atom stereocenters. The first-order valence-electron chi connectivity index (χ1n) is 14.9. The summed E-state index contributed by atoms with van der Waals surface area (Å²) in [6.07, 6.45) is 6.66. The van der Waals surface area contributed by atoms with E-state index in [0.717, 1.165) is 43.4 Å². The molecular weight excluding hydrogens is 503 g/mol. The number of amides is 2. The Balaban J connectivity index is 1.61. The zero-order valence-corrected chi connectivity index (χ0v) is 24.8. The second-order valence-corrected chi connectivity index (χ2v) is 13.0. The minimum absolute atomic E-state index is 0.0457. The van der Waals surface area contributed by atoms with E-state index in [2.05, 4.69) is 32.2 Å². The summed E-state index contributed by atoms with van der Waals surface area (Å²) >= 11 is 0. The van der Waals surface area contributed by atoms with Crippen LogP contribution >= 0.6 is 0 Å². The van der Waals surface area contributed by atoms with Crippen LogP contribution in [-0.2, 0) is 15.0 Å². The quantitative estimate of drug-likeness (QED) is 0.390. The lowest BCUT2D eigenvalue weighted by Gasteiger charge is -2.46. The SMILES string of the molecule is CC(=O)CCC1CCC([C@H]2[C@@H](C(=O)Nc3cccc(C(C)(C)C)c3)CCCN2C(=O)c2c(C)cccc2F)CC1. The van der Waals surface area contributed by atoms with Gasteiger partial charge in [-0.25, -0.2) is 4.39 Å². The molecule has 0 aromatic heterocycles. The number of Topliss-reactive ketones (excluding diaryl/α,β-unsaturated/α-hetero) is 1. The van der Waals surface area contributed by atoms with Crippen LogP contribution in [0.25, 0.3) is 0 Å². The zero-order chi connectivity index (χ0) is 29.0. The number of benzene rings is 2. The van der Waals surface area contributed by atoms with Crippen LogP contribution in [0.15, 0.2) is 42.5 Å². The van der Waals surface area contributed by atoms with E-state index < -0.39 is 5.82 Å². The van der Waals surface area contributed by atoms with Gasteiger partial charge in [0, 0.05) is 24.7 Å². The lowest BCUT2D eigenvalue weighted by molar-refractivity contribution is -0.124. The normalized spacial score (nSPS) is 23.5. The number of likely N-dealkylation sites (tertiary alicyclic amines) is 1. The molecule has 2 aromatic rings. The lowest BCUT2D eigenvalue weighted by Crippen LogP contribution is -2.55. The van der Waals surface area contributed by atoms with Gasteiger partial charge >= 0.3 is 0 Å². The number of anilines is 1. The van der Waals surface area contributed by atoms with Crippen LogP contribution < -0.4 is 5.32 Å². The number of halogens is 1. The number of rotatable bonds is 7. The van der Waals surface area contributed by atoms with Crippen molar-refractivity contribution >= 4 is 23.3 Å². The highest BCUT2D eigenvalue weighted by Gasteiger charge is 2.44. The van der Waals surface area contributed by atoms with E-state index in [1.54, 1.807) is 26.0 Å². The highest BCUT2D eigenvalue weighted by atomic mass is 19.1. The van der Waals surface area contributed by atoms with Crippen LogP contribution in [0.2, 0.25) is 0 Å². The van der Waals surface area contributed by atoms with Crippen molar-refractivity contribution in [3.8, 4) is 0 Å². The number of ketones is 1. The first kappa shape index (κ1) is 30.0. The molecular formula is C34H45FN2O3. The predicted octanol–water partition coefficient (Wildman–Crippen LogP) is 7.47. The van der Waals surface area contributed by atoms with Gasteiger partial charge in [-0.2, -0.15) is 0 Å². The largest absolute Gasteiger partial charge is 0.334 e. The fourth-order valence-electron chi connectivity index (χ4n) is 6.70. The fraction of sp³-hybridized carbons (Fsp3) is 0.559. The van der Waals surface area contributed by atoms with E-state index in [4.69, 9.17) is 0 Å². The van der Waals surface area contributed by atoms with Crippen molar-refractivity contribution in [2.24, 2.45) is 17.8 Å². The van der Waals surface area contributed by atoms with Crippen molar-refractivity contribution in [1.82, 2.24) is 4.90 Å². The summed E-state index contributed by atoms with van der Waals surface area (Å²) in [4.78, 5) is 41.2. The van der Waals surface area contributed by atoms with Crippen LogP contribution in [0.5, 0.6) is 0 Å². The molecule has 2 fully saturated rings. The summed E-state index contributed by atoms with van der Waals surface area (Å²) in [5, 5.41) is 3.17. The minimum atomic E-state index is -0.512. The molecule has 1 saturated heterocycles. The molecule has 1 saturated carbocycles. The van der Waals surface area contributed by atoms with Gasteiger partial charge in [0.2, 0.25) is 5.91 Å². The minimum Gasteiger partial charge on any atom is -0.334 e. The Morgan fingerprint density at radius 2 is 1.70 bits per heavy atom. The summed E-state index contributed by atoms with van der Waals surface area (Å²) in [5.74, 6) is -0.400. The molecule has 4 rings (SSSR count). The Hall–Kier alpha value is -3.02. The van der Waals surface area contributed by atoms with Gasteiger partial charge in [0.25, 0.3) is 5.91 Å². The van der Waals surface area contributed by atoms with E-state index in [9.17, 15) is 18.8 Å². The third-order valence-electron chi connectivity index (χ3n) is 8.99. The second-order valence-electron chi connectivity index (χ2n) is 13.0. The number of piperidine rings is 1. The van der Waals surface area contributed by atoms with Crippen molar-refractivity contribution < 1.29 is 18.8 Å². The molecule has 0 spiro atoms. The van der Waals surface area contributed by atoms with E-state index in [1.807, 2.05) is 23.1 Å². The Morgan fingerprint density at radius 3 is 2.35 bits per heavy atom. The number of aryl methyl sites for hydroxylation is 1. The van der Waals surface area contributed by atoms with Crippen LogP contribution in [0.1, 0.15) is 101 Å². The van der Waals surface area contributed by atoms with Crippen LogP contribution in [-0.4, -0.2) is 35.1 Å². The molecule has 2 aliphatic rings. The Kier molecular flexibility index (Phi) is 9.48. The first-order valence-corrected chi connectivity index (χ1v) is 14.9. The summed E-state index contributed by atoms with van der Waals surface area (Å²) < 4.78 is 14.9. The second kappa shape index (κ2) is 12.7. The predicted molar refractivity (Wildman–Crippen MR) is 158 cm³/mol. The molecule has 2 amide bonds. The summed E-state index contributed by atoms with van der Waals surface area (Å²) in [6, 6.07) is 12.4. The monoisotopic (exact) mass is 548 g/mol. The fourth-order valence-corrected chi connectivity index (χ4v) is 6.70. The van der Waals surface area contributed by atoms with Crippen LogP contribution in [0.4, 0.5) is 10.1 Å². The first-order chi connectivity index (χ1) is 19.0. The van der Waals surface area contributed by atoms with Crippen molar-refractivity contribution in [2.75, 3.05) is 11.9 Å². The van der Waals surface area contributed by atoms with Gasteiger partial charge in [-0.15, -0.1) is 0 Å². The average Bonchev–Trinajstić information content (AvgIpc) is 2.91. The maximum atomic E-state index is 14.9. The Bertz CT molecular complexity index is 1210. The van der Waals surface area contributed by atoms with E-state index in [1.165, 1.54) is 6.07 Å². The van der Waals surface area contributed by atoms with Crippen molar-refractivity contribution in [3.63, 3.8) is 0 Å². The number of nitrogens with one attached hydrogen (secondary N) is 1. The van der Waals surface area contributed by atoms with E-state index in [-0.39, 0.29) is 46.5 Å². The number of carbonyl (C=O) groups is 3. The molecule has 1 aliphatic heterocycles. The molecule has 40 heavy (non-hydrogen) atoms. The van der Waals surface area contributed by atoms with Crippen LogP contribution in [0, 0.1) is 30.5 Å². The third kappa shape index (κ3) is 7.00. The van der Waals surface area contributed by atoms with Crippen LogP contribution in [0.3, 0.4) is 0 Å². The summed E-state index contributed by atoms with van der Waals surface area (Å²) in [7, 11) is 0. The molecule has 1 aliphatic carbocycles. The van der Waals surface area contributed by atoms with Gasteiger partial charge in [-0.1, -0.05) is 57.9 Å². The molecule has 6 heteroatoms. The topological polar surface area (TPSA) is 66.5 Å². The number of hydrogen-bond donors (Lipinski definition) is 1. The highest BCUT2D eigenvalue weighted by Crippen LogP contribution is 2.41. The molecule has 5 nitrogen and oxygen atoms in total. The maximum absolute atomic E-state index is 14.9. The van der Waals surface area contributed by atoms with Gasteiger partial charge in [-0.3, -0.25) is 9.59 Å². The standard InChI is InChI=1S/C34H45FN2O3/c1-22-9-6-13-29(35)30(22)33(40)37-20-8-12-28(31(37)25-18-16-24(17-19-25)15-14-23(2)38)32(39)36-27-11-7-10-26(21-27)34(3,4)5/h6-7,9-11,13,21,24-25,28,31H,8,12,14-20H2,1-5H3,(H,36,39)/t24?,25?,28-,31-/m0/s1. The molecule has 0 radical (unpaired) electrons. The van der Waals surface area contributed by atoms with Crippen molar-refractivity contribution in [3.05, 3.63) is 65.0 Å². The summed E-state index contributed by atoms with van der Waals surface area (Å²) in [5.41, 5.74) is 2.58. The van der Waals surface area contributed by atoms with E-state index >= 15 is 0 Å². The van der Waals surface area contributed by atoms with Crippen molar-refractivity contribution in [2.45, 2.75) is 97.4 Å². The van der Waals surface area contributed by atoms with Gasteiger partial charge < -0.3 is 15.0 Å². The number of carbonyl (C=O) groups excluding carboxylic acids is 3. The van der Waals surface area contributed by atoms with Gasteiger partial charge in [0.05, 0.1) is 11.5 Å². The van der Waals surface area contributed by atoms with Gasteiger partial charge in [-0.05, 0) is 92.5 Å². The lowest BCUT2D eigenvalue weighted by atomic mass is 9.71. The molecule has 0 unspecified atom stereocenters. The molecule has 0 bridgehead atoms. The van der Waals surface area contributed by atoms with Crippen molar-refractivity contribution in [1.29, 1.82) is 0 Å². The van der Waals surface area contributed by atoms with Gasteiger partial charge in [0.1, 0.15) is 11.6 Å². The maximum Gasteiger partial charge on any atom is 0.257 e. The molecule has 2 aromatic carbocycles. The zero-order valence-electron chi connectivity index (χ0n) is 24.8.